The van der Waals surface area contributed by atoms with Gasteiger partial charge < -0.3 is 9.80 Å². The molecule has 5 rings (SSSR count). The van der Waals surface area contributed by atoms with Crippen LogP contribution >= 0.6 is 0 Å². The average molecular weight is 374 g/mol. The molecular weight excluding hydrogens is 356 g/mol. The molecule has 0 N–H and O–H groups in total. The van der Waals surface area contributed by atoms with Crippen LogP contribution in [0.5, 0.6) is 0 Å². The van der Waals surface area contributed by atoms with Gasteiger partial charge in [0.05, 0.1) is 16.5 Å². The average Bonchev–Trinajstić information content (AvgIpc) is 3.22. The van der Waals surface area contributed by atoms with Crippen LogP contribution in [0.2, 0.25) is 0 Å². The van der Waals surface area contributed by atoms with E-state index in [0.717, 1.165) is 34.6 Å². The van der Waals surface area contributed by atoms with E-state index in [1.165, 1.54) is 0 Å². The first-order valence-electron chi connectivity index (χ1n) is 8.78. The Balaban J connectivity index is 1.53. The molecule has 0 atom stereocenters. The Labute approximate surface area is 158 Å². The Morgan fingerprint density at radius 3 is 2.22 bits per heavy atom. The second-order valence-electron chi connectivity index (χ2n) is 6.92. The molecule has 2 aliphatic heterocycles. The van der Waals surface area contributed by atoms with Crippen molar-refractivity contribution in [2.75, 3.05) is 18.6 Å². The quantitative estimate of drug-likeness (QED) is 0.523. The molecule has 0 spiro atoms. The molecule has 4 nitrogen and oxygen atoms in total. The van der Waals surface area contributed by atoms with E-state index in [1.807, 2.05) is 55.8 Å². The zero-order chi connectivity index (χ0) is 18.6. The maximum Gasteiger partial charge on any atom is 0.207 e. The van der Waals surface area contributed by atoms with E-state index in [4.69, 9.17) is 0 Å². The zero-order valence-electron chi connectivity index (χ0n) is 14.8. The third-order valence-corrected chi connectivity index (χ3v) is 7.00. The van der Waals surface area contributed by atoms with Gasteiger partial charge in [0.2, 0.25) is 9.84 Å². The first-order chi connectivity index (χ1) is 13.0. The number of rotatable bonds is 2. The second kappa shape index (κ2) is 5.72. The number of anilines is 1. The molecular formula is C22H18N2O2S. The molecule has 5 heteroatoms. The molecule has 0 saturated heterocycles. The van der Waals surface area contributed by atoms with Crippen molar-refractivity contribution in [3.63, 3.8) is 0 Å². The normalized spacial score (nSPS) is 16.5. The van der Waals surface area contributed by atoms with Crippen LogP contribution in [0.1, 0.15) is 0 Å². The lowest BCUT2D eigenvalue weighted by atomic mass is 10.0. The van der Waals surface area contributed by atoms with E-state index in [0.29, 0.717) is 9.79 Å². The van der Waals surface area contributed by atoms with Gasteiger partial charge in [-0.1, -0.05) is 42.5 Å². The van der Waals surface area contributed by atoms with Gasteiger partial charge >= 0.3 is 0 Å². The highest BCUT2D eigenvalue weighted by Crippen LogP contribution is 2.44. The summed E-state index contributed by atoms with van der Waals surface area (Å²) in [7, 11) is -1.41. The second-order valence-corrected chi connectivity index (χ2v) is 8.81. The largest absolute Gasteiger partial charge is 0.361 e. The Kier molecular flexibility index (Phi) is 3.42. The van der Waals surface area contributed by atoms with Gasteiger partial charge in [-0.15, -0.1) is 0 Å². The van der Waals surface area contributed by atoms with Crippen LogP contribution in [0.3, 0.4) is 0 Å². The van der Waals surface area contributed by atoms with Crippen LogP contribution in [0.15, 0.2) is 88.9 Å². The van der Waals surface area contributed by atoms with Crippen LogP contribution in [-0.2, 0) is 9.84 Å². The summed E-state index contributed by atoms with van der Waals surface area (Å²) >= 11 is 0. The molecule has 0 bridgehead atoms. The van der Waals surface area contributed by atoms with Gasteiger partial charge in [0.1, 0.15) is 0 Å². The van der Waals surface area contributed by atoms with Crippen molar-refractivity contribution in [2.45, 2.75) is 9.79 Å². The summed E-state index contributed by atoms with van der Waals surface area (Å²) in [6.45, 7) is 0.828. The van der Waals surface area contributed by atoms with Gasteiger partial charge in [-0.25, -0.2) is 8.42 Å². The Morgan fingerprint density at radius 2 is 1.48 bits per heavy atom. The van der Waals surface area contributed by atoms with E-state index < -0.39 is 9.84 Å². The van der Waals surface area contributed by atoms with E-state index in [-0.39, 0.29) is 0 Å². The molecule has 0 aliphatic carbocycles. The number of benzene rings is 3. The van der Waals surface area contributed by atoms with Crippen LogP contribution in [-0.4, -0.2) is 27.0 Å². The summed E-state index contributed by atoms with van der Waals surface area (Å²) < 4.78 is 25.8. The van der Waals surface area contributed by atoms with Gasteiger partial charge in [0, 0.05) is 36.3 Å². The molecule has 3 aromatic rings. The summed E-state index contributed by atoms with van der Waals surface area (Å²) in [4.78, 5) is 5.07. The summed E-state index contributed by atoms with van der Waals surface area (Å²) in [6.07, 6.45) is 4.09. The standard InChI is InChI=1S/C22H18N2O2S/c1-23-12-13-24(15-23)18-9-6-16(7-10-18)17-8-11-20-19-4-2-3-5-21(19)27(25,26)22(20)14-17/h2-14H,15H2,1H3. The summed E-state index contributed by atoms with van der Waals surface area (Å²) in [5.74, 6) is 0. The van der Waals surface area contributed by atoms with Crippen molar-refractivity contribution in [1.29, 1.82) is 0 Å². The predicted octanol–water partition coefficient (Wildman–Crippen LogP) is 4.35. The lowest BCUT2D eigenvalue weighted by molar-refractivity contribution is 0.496. The predicted molar refractivity (Wildman–Crippen MR) is 107 cm³/mol. The maximum atomic E-state index is 12.9. The Bertz CT molecular complexity index is 1180. The third-order valence-electron chi connectivity index (χ3n) is 5.15. The minimum Gasteiger partial charge on any atom is -0.361 e. The molecule has 0 aromatic heterocycles. The highest BCUT2D eigenvalue weighted by Gasteiger charge is 2.32. The fraction of sp³-hybridized carbons (Fsp3) is 0.0909. The molecule has 0 radical (unpaired) electrons. The Morgan fingerprint density at radius 1 is 0.778 bits per heavy atom. The molecule has 0 saturated carbocycles. The molecule has 0 amide bonds. The molecule has 27 heavy (non-hydrogen) atoms. The monoisotopic (exact) mass is 374 g/mol. The van der Waals surface area contributed by atoms with Crippen molar-refractivity contribution in [1.82, 2.24) is 4.90 Å². The lowest BCUT2D eigenvalue weighted by Gasteiger charge is -2.18. The van der Waals surface area contributed by atoms with Gasteiger partial charge in [0.25, 0.3) is 0 Å². The smallest absolute Gasteiger partial charge is 0.207 e. The van der Waals surface area contributed by atoms with E-state index >= 15 is 0 Å². The maximum absolute atomic E-state index is 12.9. The van der Waals surface area contributed by atoms with Crippen molar-refractivity contribution < 1.29 is 8.42 Å². The lowest BCUT2D eigenvalue weighted by Crippen LogP contribution is -2.21. The first kappa shape index (κ1) is 16.1. The molecule has 3 aromatic carbocycles. The van der Waals surface area contributed by atoms with Gasteiger partial charge in [-0.2, -0.15) is 0 Å². The van der Waals surface area contributed by atoms with Crippen LogP contribution in [0, 0.1) is 0 Å². The van der Waals surface area contributed by atoms with E-state index in [2.05, 4.69) is 21.9 Å². The van der Waals surface area contributed by atoms with Crippen LogP contribution < -0.4 is 4.90 Å². The molecule has 0 fully saturated rings. The summed E-state index contributed by atoms with van der Waals surface area (Å²) in [5.41, 5.74) is 4.60. The topological polar surface area (TPSA) is 40.6 Å². The summed E-state index contributed by atoms with van der Waals surface area (Å²) in [6, 6.07) is 21.1. The SMILES string of the molecule is CN1C=CN(c2ccc(-c3ccc4c(c3)S(=O)(=O)c3ccccc3-4)cc2)C1. The molecule has 2 aliphatic rings. The van der Waals surface area contributed by atoms with Crippen LogP contribution in [0.25, 0.3) is 22.3 Å². The van der Waals surface area contributed by atoms with Crippen molar-refractivity contribution >= 4 is 15.5 Å². The summed E-state index contributed by atoms with van der Waals surface area (Å²) in [5, 5.41) is 0. The number of nitrogens with zero attached hydrogens (tertiary/aromatic N) is 2. The highest BCUT2D eigenvalue weighted by molar-refractivity contribution is 7.92. The van der Waals surface area contributed by atoms with Gasteiger partial charge in [0.15, 0.2) is 0 Å². The van der Waals surface area contributed by atoms with E-state index in [1.54, 1.807) is 18.2 Å². The van der Waals surface area contributed by atoms with Crippen LogP contribution in [0.4, 0.5) is 5.69 Å². The van der Waals surface area contributed by atoms with Crippen molar-refractivity contribution in [2.24, 2.45) is 0 Å². The minimum atomic E-state index is -3.45. The highest BCUT2D eigenvalue weighted by atomic mass is 32.2. The fourth-order valence-corrected chi connectivity index (χ4v) is 5.44. The number of hydrogen-bond acceptors (Lipinski definition) is 4. The van der Waals surface area contributed by atoms with Crippen molar-refractivity contribution in [3.8, 4) is 22.3 Å². The fourth-order valence-electron chi connectivity index (χ4n) is 3.73. The number of fused-ring (bicyclic) bond motifs is 3. The number of sulfone groups is 1. The third kappa shape index (κ3) is 2.46. The molecule has 0 unspecified atom stereocenters. The first-order valence-corrected chi connectivity index (χ1v) is 10.3. The number of hydrogen-bond donors (Lipinski definition) is 0. The van der Waals surface area contributed by atoms with E-state index in [9.17, 15) is 8.42 Å². The molecule has 134 valence electrons. The minimum absolute atomic E-state index is 0.398. The molecule has 2 heterocycles. The Hall–Kier alpha value is -3.05. The van der Waals surface area contributed by atoms with Gasteiger partial charge in [-0.3, -0.25) is 0 Å². The van der Waals surface area contributed by atoms with Gasteiger partial charge in [-0.05, 0) is 35.4 Å². The van der Waals surface area contributed by atoms with Crippen molar-refractivity contribution in [3.05, 3.63) is 79.1 Å². The zero-order valence-corrected chi connectivity index (χ0v) is 15.6.